The second-order valence-corrected chi connectivity index (χ2v) is 6.91. The van der Waals surface area contributed by atoms with E-state index in [1.807, 2.05) is 17.0 Å². The van der Waals surface area contributed by atoms with Gasteiger partial charge in [0.1, 0.15) is 17.6 Å². The van der Waals surface area contributed by atoms with E-state index in [-0.39, 0.29) is 11.7 Å². The van der Waals surface area contributed by atoms with Crippen molar-refractivity contribution < 1.29 is 14.7 Å². The summed E-state index contributed by atoms with van der Waals surface area (Å²) in [6, 6.07) is 10.9. The van der Waals surface area contributed by atoms with E-state index in [1.165, 1.54) is 24.3 Å². The number of amidine groups is 1. The molecule has 8 heteroatoms. The highest BCUT2D eigenvalue weighted by atomic mass is 35.5. The minimum Gasteiger partial charge on any atom is -0.508 e. The van der Waals surface area contributed by atoms with Crippen molar-refractivity contribution in [2.45, 2.75) is 25.4 Å². The van der Waals surface area contributed by atoms with Gasteiger partial charge in [-0.05, 0) is 54.4 Å². The maximum atomic E-state index is 12.6. The number of benzene rings is 2. The number of phenols is 1. The Morgan fingerprint density at radius 3 is 2.70 bits per heavy atom. The van der Waals surface area contributed by atoms with Crippen molar-refractivity contribution in [1.82, 2.24) is 15.8 Å². The predicted octanol–water partition coefficient (Wildman–Crippen LogP) is 2.51. The van der Waals surface area contributed by atoms with Gasteiger partial charge in [0.25, 0.3) is 11.8 Å². The number of aromatic hydroxyl groups is 1. The minimum atomic E-state index is -0.453. The predicted molar refractivity (Wildman–Crippen MR) is 101 cm³/mol. The number of rotatable bonds is 2. The molecule has 0 saturated carbocycles. The summed E-state index contributed by atoms with van der Waals surface area (Å²) >= 11 is 6.06. The highest BCUT2D eigenvalue weighted by molar-refractivity contribution is 6.30. The van der Waals surface area contributed by atoms with Crippen LogP contribution >= 0.6 is 11.6 Å². The van der Waals surface area contributed by atoms with Crippen LogP contribution < -0.4 is 10.9 Å². The zero-order chi connectivity index (χ0) is 19.0. The standard InChI is InChI=1S/C19H17ClN4O3/c20-13-3-6-15-12(9-13)10-24-16(7-8-17(24)21-15)19(27)23-22-18(26)11-1-4-14(25)5-2-11/h1-6,9,16,25H,7-8,10H2,(H,22,26)(H,23,27)/t16-/m0/s1. The summed E-state index contributed by atoms with van der Waals surface area (Å²) in [6.45, 7) is 0.554. The molecule has 0 bridgehead atoms. The molecule has 138 valence electrons. The third-order valence-electron chi connectivity index (χ3n) is 4.71. The number of fused-ring (bicyclic) bond motifs is 2. The summed E-state index contributed by atoms with van der Waals surface area (Å²) < 4.78 is 0. The van der Waals surface area contributed by atoms with E-state index in [9.17, 15) is 14.7 Å². The van der Waals surface area contributed by atoms with Gasteiger partial charge >= 0.3 is 0 Å². The Labute approximate surface area is 160 Å². The number of carbonyl (C=O) groups excluding carboxylic acids is 2. The fourth-order valence-electron chi connectivity index (χ4n) is 3.34. The summed E-state index contributed by atoms with van der Waals surface area (Å²) in [6.07, 6.45) is 1.33. The Morgan fingerprint density at radius 2 is 1.93 bits per heavy atom. The van der Waals surface area contributed by atoms with Crippen LogP contribution in [-0.4, -0.2) is 33.7 Å². The zero-order valence-corrected chi connectivity index (χ0v) is 15.0. The highest BCUT2D eigenvalue weighted by Gasteiger charge is 2.37. The van der Waals surface area contributed by atoms with Gasteiger partial charge in [0.2, 0.25) is 0 Å². The number of amides is 2. The second-order valence-electron chi connectivity index (χ2n) is 6.47. The molecule has 7 nitrogen and oxygen atoms in total. The zero-order valence-electron chi connectivity index (χ0n) is 14.3. The molecule has 0 radical (unpaired) electrons. The maximum Gasteiger partial charge on any atom is 0.269 e. The molecular weight excluding hydrogens is 368 g/mol. The lowest BCUT2D eigenvalue weighted by Crippen LogP contribution is -2.51. The molecule has 2 amide bonds. The van der Waals surface area contributed by atoms with Gasteiger partial charge in [-0.1, -0.05) is 11.6 Å². The largest absolute Gasteiger partial charge is 0.508 e. The van der Waals surface area contributed by atoms with Gasteiger partial charge in [0, 0.05) is 23.6 Å². The molecule has 0 aliphatic carbocycles. The Kier molecular flexibility index (Phi) is 4.45. The lowest BCUT2D eigenvalue weighted by atomic mass is 10.1. The van der Waals surface area contributed by atoms with Crippen LogP contribution in [0.15, 0.2) is 47.5 Å². The smallest absolute Gasteiger partial charge is 0.269 e. The van der Waals surface area contributed by atoms with Crippen LogP contribution in [0.5, 0.6) is 5.75 Å². The van der Waals surface area contributed by atoms with E-state index in [0.717, 1.165) is 17.1 Å². The van der Waals surface area contributed by atoms with Crippen molar-refractivity contribution in [3.63, 3.8) is 0 Å². The maximum absolute atomic E-state index is 12.6. The molecule has 2 aromatic rings. The number of halogens is 1. The molecule has 0 unspecified atom stereocenters. The first kappa shape index (κ1) is 17.4. The summed E-state index contributed by atoms with van der Waals surface area (Å²) in [5.74, 6) is 0.192. The number of nitrogens with one attached hydrogen (secondary N) is 2. The molecule has 27 heavy (non-hydrogen) atoms. The van der Waals surface area contributed by atoms with Gasteiger partial charge in [-0.3, -0.25) is 20.4 Å². The molecular formula is C19H17ClN4O3. The molecule has 2 aliphatic rings. The fraction of sp³-hybridized carbons (Fsp3) is 0.211. The van der Waals surface area contributed by atoms with E-state index >= 15 is 0 Å². The third-order valence-corrected chi connectivity index (χ3v) is 4.95. The average molecular weight is 385 g/mol. The highest BCUT2D eigenvalue weighted by Crippen LogP contribution is 2.34. The number of phenolic OH excluding ortho intramolecular Hbond substituents is 1. The van der Waals surface area contributed by atoms with Crippen LogP contribution in [0.25, 0.3) is 0 Å². The van der Waals surface area contributed by atoms with Crippen LogP contribution in [0.1, 0.15) is 28.8 Å². The number of hydrazine groups is 1. The lowest BCUT2D eigenvalue weighted by molar-refractivity contribution is -0.125. The van der Waals surface area contributed by atoms with Crippen molar-refractivity contribution in [1.29, 1.82) is 0 Å². The van der Waals surface area contributed by atoms with Gasteiger partial charge in [-0.2, -0.15) is 0 Å². The van der Waals surface area contributed by atoms with Crippen LogP contribution in [0.4, 0.5) is 5.69 Å². The molecule has 1 atom stereocenters. The number of hydrogen-bond donors (Lipinski definition) is 3. The van der Waals surface area contributed by atoms with Crippen molar-refractivity contribution in [3.05, 3.63) is 58.6 Å². The van der Waals surface area contributed by atoms with Crippen LogP contribution in [0.2, 0.25) is 5.02 Å². The van der Waals surface area contributed by atoms with Crippen LogP contribution in [-0.2, 0) is 11.3 Å². The third kappa shape index (κ3) is 3.46. The molecule has 4 rings (SSSR count). The average Bonchev–Trinajstić information content (AvgIpc) is 3.07. The Bertz CT molecular complexity index is 942. The number of hydrogen-bond acceptors (Lipinski definition) is 5. The number of nitrogens with zero attached hydrogens (tertiary/aromatic N) is 2. The van der Waals surface area contributed by atoms with Crippen molar-refractivity contribution >= 4 is 34.9 Å². The van der Waals surface area contributed by atoms with Crippen molar-refractivity contribution in [3.8, 4) is 5.75 Å². The van der Waals surface area contributed by atoms with Gasteiger partial charge in [0.15, 0.2) is 0 Å². The van der Waals surface area contributed by atoms with Gasteiger partial charge < -0.3 is 10.0 Å². The Hall–Kier alpha value is -3.06. The summed E-state index contributed by atoms with van der Waals surface area (Å²) in [4.78, 5) is 31.3. The first-order chi connectivity index (χ1) is 13.0. The quantitative estimate of drug-likeness (QED) is 0.693. The minimum absolute atomic E-state index is 0.0684. The Morgan fingerprint density at radius 1 is 1.15 bits per heavy atom. The summed E-state index contributed by atoms with van der Waals surface area (Å²) in [7, 11) is 0. The van der Waals surface area contributed by atoms with Gasteiger partial charge in [-0.15, -0.1) is 0 Å². The summed E-state index contributed by atoms with van der Waals surface area (Å²) in [5.41, 5.74) is 7.08. The van der Waals surface area contributed by atoms with E-state index < -0.39 is 11.9 Å². The van der Waals surface area contributed by atoms with Crippen molar-refractivity contribution in [2.75, 3.05) is 0 Å². The first-order valence-corrected chi connectivity index (χ1v) is 8.91. The van der Waals surface area contributed by atoms with Gasteiger partial charge in [0.05, 0.1) is 5.69 Å². The lowest BCUT2D eigenvalue weighted by Gasteiger charge is -2.30. The number of carbonyl (C=O) groups is 2. The fourth-order valence-corrected chi connectivity index (χ4v) is 3.53. The molecule has 1 fully saturated rings. The van der Waals surface area contributed by atoms with Crippen molar-refractivity contribution in [2.24, 2.45) is 4.99 Å². The molecule has 0 spiro atoms. The SMILES string of the molecule is O=C(NNC(=O)[C@@H]1CCC2=Nc3ccc(Cl)cc3CN21)c1ccc(O)cc1. The first-order valence-electron chi connectivity index (χ1n) is 8.53. The molecule has 2 aromatic carbocycles. The monoisotopic (exact) mass is 384 g/mol. The molecule has 2 aliphatic heterocycles. The Balaban J connectivity index is 1.41. The molecule has 2 heterocycles. The van der Waals surface area contributed by atoms with E-state index in [1.54, 1.807) is 6.07 Å². The molecule has 3 N–H and O–H groups in total. The van der Waals surface area contributed by atoms with E-state index in [2.05, 4.69) is 15.8 Å². The van der Waals surface area contributed by atoms with E-state index in [0.29, 0.717) is 30.0 Å². The molecule has 1 saturated heterocycles. The van der Waals surface area contributed by atoms with Gasteiger partial charge in [-0.25, -0.2) is 4.99 Å². The van der Waals surface area contributed by atoms with Crippen LogP contribution in [0.3, 0.4) is 0 Å². The summed E-state index contributed by atoms with van der Waals surface area (Å²) in [5, 5.41) is 9.90. The second kappa shape index (κ2) is 6.92. The van der Waals surface area contributed by atoms with E-state index in [4.69, 9.17) is 11.6 Å². The molecule has 0 aromatic heterocycles. The normalized spacial score (nSPS) is 17.6. The topological polar surface area (TPSA) is 94.0 Å². The van der Waals surface area contributed by atoms with Crippen LogP contribution in [0, 0.1) is 0 Å². The number of aliphatic imine (C=N–C) groups is 1.